The summed E-state index contributed by atoms with van der Waals surface area (Å²) < 4.78 is 0. The van der Waals surface area contributed by atoms with Crippen molar-refractivity contribution in [3.63, 3.8) is 0 Å². The minimum atomic E-state index is -0.906. The number of aliphatic hydroxyl groups excluding tert-OH is 1. The van der Waals surface area contributed by atoms with Crippen molar-refractivity contribution in [3.8, 4) is 0 Å². The van der Waals surface area contributed by atoms with Crippen molar-refractivity contribution in [2.75, 3.05) is 26.2 Å². The van der Waals surface area contributed by atoms with E-state index in [1.807, 2.05) is 23.1 Å². The van der Waals surface area contributed by atoms with Crippen LogP contribution < -0.4 is 0 Å². The van der Waals surface area contributed by atoms with Crippen LogP contribution in [0.2, 0.25) is 0 Å². The molecule has 0 radical (unpaired) electrons. The normalized spacial score (nSPS) is 25.5. The SMILES string of the molecule is O=C1CCC(N2CCC(O)(CO)CC2)CCN1Cc1ccccc1. The molecule has 0 aliphatic carbocycles. The Hall–Kier alpha value is -1.43. The minimum absolute atomic E-state index is 0.158. The second kappa shape index (κ2) is 7.64. The average molecular weight is 332 g/mol. The first-order chi connectivity index (χ1) is 11.6. The lowest BCUT2D eigenvalue weighted by Crippen LogP contribution is -2.50. The quantitative estimate of drug-likeness (QED) is 0.874. The highest BCUT2D eigenvalue weighted by atomic mass is 16.3. The molecule has 0 aromatic heterocycles. The molecule has 1 aromatic rings. The second-order valence-electron chi connectivity index (χ2n) is 7.20. The molecule has 1 atom stereocenters. The fourth-order valence-corrected chi connectivity index (χ4v) is 3.82. The van der Waals surface area contributed by atoms with Gasteiger partial charge in [-0.1, -0.05) is 30.3 Å². The zero-order valence-electron chi connectivity index (χ0n) is 14.2. The van der Waals surface area contributed by atoms with E-state index in [0.29, 0.717) is 31.8 Å². The van der Waals surface area contributed by atoms with Crippen molar-refractivity contribution in [1.29, 1.82) is 0 Å². The first kappa shape index (κ1) is 17.4. The summed E-state index contributed by atoms with van der Waals surface area (Å²) in [6, 6.07) is 10.5. The molecule has 1 amide bonds. The summed E-state index contributed by atoms with van der Waals surface area (Å²) in [5.41, 5.74) is 0.270. The third kappa shape index (κ3) is 4.15. The predicted octanol–water partition coefficient (Wildman–Crippen LogP) is 1.39. The van der Waals surface area contributed by atoms with Gasteiger partial charge < -0.3 is 20.0 Å². The van der Waals surface area contributed by atoms with E-state index in [0.717, 1.165) is 32.5 Å². The van der Waals surface area contributed by atoms with E-state index in [2.05, 4.69) is 17.0 Å². The van der Waals surface area contributed by atoms with Crippen molar-refractivity contribution < 1.29 is 15.0 Å². The van der Waals surface area contributed by atoms with Gasteiger partial charge in [-0.25, -0.2) is 0 Å². The zero-order valence-corrected chi connectivity index (χ0v) is 14.2. The van der Waals surface area contributed by atoms with Crippen LogP contribution in [0.25, 0.3) is 0 Å². The van der Waals surface area contributed by atoms with Gasteiger partial charge in [0.15, 0.2) is 0 Å². The standard InChI is InChI=1S/C19H28N2O3/c22-15-19(24)9-12-20(13-10-19)17-6-7-18(23)21(11-8-17)14-16-4-2-1-3-5-16/h1-5,17,22,24H,6-15H2. The van der Waals surface area contributed by atoms with Gasteiger partial charge in [0.2, 0.25) is 5.91 Å². The van der Waals surface area contributed by atoms with E-state index >= 15 is 0 Å². The third-order valence-corrected chi connectivity index (χ3v) is 5.53. The summed E-state index contributed by atoms with van der Waals surface area (Å²) >= 11 is 0. The molecule has 0 bridgehead atoms. The fourth-order valence-electron chi connectivity index (χ4n) is 3.82. The number of amides is 1. The first-order valence-corrected chi connectivity index (χ1v) is 8.99. The van der Waals surface area contributed by atoms with Gasteiger partial charge >= 0.3 is 0 Å². The predicted molar refractivity (Wildman–Crippen MR) is 92.3 cm³/mol. The van der Waals surface area contributed by atoms with Crippen molar-refractivity contribution in [2.24, 2.45) is 0 Å². The molecule has 132 valence electrons. The monoisotopic (exact) mass is 332 g/mol. The van der Waals surface area contributed by atoms with Crippen molar-refractivity contribution in [1.82, 2.24) is 9.80 Å². The molecule has 3 rings (SSSR count). The van der Waals surface area contributed by atoms with Crippen molar-refractivity contribution in [3.05, 3.63) is 35.9 Å². The van der Waals surface area contributed by atoms with Crippen molar-refractivity contribution >= 4 is 5.91 Å². The molecule has 1 unspecified atom stereocenters. The number of carbonyl (C=O) groups excluding carboxylic acids is 1. The summed E-state index contributed by atoms with van der Waals surface area (Å²) in [7, 11) is 0. The third-order valence-electron chi connectivity index (χ3n) is 5.53. The molecule has 5 heteroatoms. The Labute approximate surface area is 143 Å². The van der Waals surface area contributed by atoms with Crippen LogP contribution in [-0.4, -0.2) is 63.8 Å². The Balaban J connectivity index is 1.55. The van der Waals surface area contributed by atoms with Crippen LogP contribution >= 0.6 is 0 Å². The van der Waals surface area contributed by atoms with Crippen LogP contribution in [0.5, 0.6) is 0 Å². The Kier molecular flexibility index (Phi) is 5.54. The molecule has 0 saturated carbocycles. The highest BCUT2D eigenvalue weighted by molar-refractivity contribution is 5.76. The first-order valence-electron chi connectivity index (χ1n) is 8.99. The maximum absolute atomic E-state index is 12.4. The Bertz CT molecular complexity index is 541. The molecular formula is C19H28N2O3. The van der Waals surface area contributed by atoms with Crippen LogP contribution in [0, 0.1) is 0 Å². The Morgan fingerprint density at radius 3 is 2.46 bits per heavy atom. The lowest BCUT2D eigenvalue weighted by molar-refractivity contribution is -0.131. The van der Waals surface area contributed by atoms with Gasteiger partial charge in [0.25, 0.3) is 0 Å². The fraction of sp³-hybridized carbons (Fsp3) is 0.632. The molecule has 2 aliphatic heterocycles. The van der Waals surface area contributed by atoms with Crippen LogP contribution in [0.15, 0.2) is 30.3 Å². The maximum Gasteiger partial charge on any atom is 0.222 e. The molecule has 1 aromatic carbocycles. The van der Waals surface area contributed by atoms with E-state index in [4.69, 9.17) is 0 Å². The molecule has 2 heterocycles. The molecule has 24 heavy (non-hydrogen) atoms. The number of nitrogens with zero attached hydrogens (tertiary/aromatic N) is 2. The molecule has 2 N–H and O–H groups in total. The lowest BCUT2D eigenvalue weighted by atomic mass is 9.90. The molecule has 2 aliphatic rings. The number of piperidine rings is 1. The van der Waals surface area contributed by atoms with E-state index in [-0.39, 0.29) is 12.5 Å². The number of hydrogen-bond donors (Lipinski definition) is 2. The average Bonchev–Trinajstić information content (AvgIpc) is 2.79. The van der Waals surface area contributed by atoms with E-state index in [9.17, 15) is 15.0 Å². The second-order valence-corrected chi connectivity index (χ2v) is 7.20. The van der Waals surface area contributed by atoms with Crippen LogP contribution in [0.3, 0.4) is 0 Å². The molecule has 5 nitrogen and oxygen atoms in total. The van der Waals surface area contributed by atoms with Gasteiger partial charge in [0.1, 0.15) is 0 Å². The molecule has 2 saturated heterocycles. The number of likely N-dealkylation sites (tertiary alicyclic amines) is 2. The Morgan fingerprint density at radius 2 is 1.79 bits per heavy atom. The van der Waals surface area contributed by atoms with Gasteiger partial charge in [-0.05, 0) is 31.2 Å². The van der Waals surface area contributed by atoms with Crippen molar-refractivity contribution in [2.45, 2.75) is 50.3 Å². The molecular weight excluding hydrogens is 304 g/mol. The van der Waals surface area contributed by atoms with Gasteiger partial charge in [-0.15, -0.1) is 0 Å². The lowest BCUT2D eigenvalue weighted by Gasteiger charge is -2.40. The van der Waals surface area contributed by atoms with E-state index in [1.165, 1.54) is 5.56 Å². The van der Waals surface area contributed by atoms with Gasteiger partial charge in [0, 0.05) is 38.6 Å². The van der Waals surface area contributed by atoms with Crippen LogP contribution in [-0.2, 0) is 11.3 Å². The zero-order chi connectivity index (χ0) is 17.0. The summed E-state index contributed by atoms with van der Waals surface area (Å²) in [5, 5.41) is 19.4. The summed E-state index contributed by atoms with van der Waals surface area (Å²) in [6.45, 7) is 2.92. The van der Waals surface area contributed by atoms with Gasteiger partial charge in [-0.3, -0.25) is 4.79 Å². The summed E-state index contributed by atoms with van der Waals surface area (Å²) in [5.74, 6) is 0.241. The van der Waals surface area contributed by atoms with E-state index in [1.54, 1.807) is 0 Å². The van der Waals surface area contributed by atoms with Gasteiger partial charge in [-0.2, -0.15) is 0 Å². The summed E-state index contributed by atoms with van der Waals surface area (Å²) in [6.07, 6.45) is 3.69. The largest absolute Gasteiger partial charge is 0.393 e. The van der Waals surface area contributed by atoms with Crippen LogP contribution in [0.4, 0.5) is 0 Å². The number of benzene rings is 1. The summed E-state index contributed by atoms with van der Waals surface area (Å²) in [4.78, 5) is 16.8. The topological polar surface area (TPSA) is 64.0 Å². The minimum Gasteiger partial charge on any atom is -0.393 e. The Morgan fingerprint density at radius 1 is 1.08 bits per heavy atom. The van der Waals surface area contributed by atoms with Crippen LogP contribution in [0.1, 0.15) is 37.7 Å². The number of hydrogen-bond acceptors (Lipinski definition) is 4. The maximum atomic E-state index is 12.4. The smallest absolute Gasteiger partial charge is 0.222 e. The highest BCUT2D eigenvalue weighted by Gasteiger charge is 2.35. The number of aliphatic hydroxyl groups is 2. The molecule has 0 spiro atoms. The number of rotatable bonds is 4. The van der Waals surface area contributed by atoms with Gasteiger partial charge in [0.05, 0.1) is 12.2 Å². The number of carbonyl (C=O) groups is 1. The molecule has 2 fully saturated rings. The van der Waals surface area contributed by atoms with E-state index < -0.39 is 5.60 Å². The highest BCUT2D eigenvalue weighted by Crippen LogP contribution is 2.27.